The van der Waals surface area contributed by atoms with E-state index in [1.54, 1.807) is 13.0 Å². The maximum absolute atomic E-state index is 12.4. The number of nitrogens with one attached hydrogen (secondary N) is 1. The van der Waals surface area contributed by atoms with E-state index in [1.165, 1.54) is 9.88 Å². The second-order valence-corrected chi connectivity index (χ2v) is 5.33. The van der Waals surface area contributed by atoms with Crippen LogP contribution in [0.4, 0.5) is 17.2 Å². The van der Waals surface area contributed by atoms with Crippen molar-refractivity contribution < 1.29 is 10.4 Å². The number of hydrogen-bond donors (Lipinski definition) is 3. The quantitative estimate of drug-likeness (QED) is 0.560. The Hall–Kier alpha value is -2.48. The largest absolute Gasteiger partial charge is 0.493 e. The summed E-state index contributed by atoms with van der Waals surface area (Å²) in [5.41, 5.74) is 1.83. The molecule has 0 atom stereocenters. The Morgan fingerprint density at radius 2 is 2.17 bits per heavy atom. The predicted octanol–water partition coefficient (Wildman–Crippen LogP) is 2.10. The van der Waals surface area contributed by atoms with Gasteiger partial charge in [-0.3, -0.25) is 14.5 Å². The van der Waals surface area contributed by atoms with E-state index in [4.69, 9.17) is 0 Å². The van der Waals surface area contributed by atoms with E-state index in [0.29, 0.717) is 23.6 Å². The van der Waals surface area contributed by atoms with Gasteiger partial charge in [0.25, 0.3) is 0 Å². The molecule has 0 saturated carbocycles. The van der Waals surface area contributed by atoms with Crippen molar-refractivity contribution in [3.63, 3.8) is 0 Å². The fraction of sp³-hybridized carbons (Fsp3) is 0.400. The Balaban J connectivity index is 2.53. The standard InChI is InChI=1S/C15H22N6O2/c1-5-6-7-21-14(22)12(16-4)10(3)13(15(21)23)20-19-11-8-9(2)17-18-11/h8,23H,4-7,16H2,1-3H3,(H,17,18)/b20-19+. The Bertz CT molecular complexity index is 775. The molecular formula is C15H22N6O2. The first kappa shape index (κ1) is 16.9. The second-order valence-electron chi connectivity index (χ2n) is 5.33. The van der Waals surface area contributed by atoms with Crippen LogP contribution in [-0.2, 0) is 6.54 Å². The lowest BCUT2D eigenvalue weighted by Crippen LogP contribution is -2.73. The average Bonchev–Trinajstić information content (AvgIpc) is 2.93. The van der Waals surface area contributed by atoms with E-state index in [0.717, 1.165) is 18.5 Å². The van der Waals surface area contributed by atoms with Crippen molar-refractivity contribution in [2.45, 2.75) is 40.2 Å². The molecular weight excluding hydrogens is 296 g/mol. The molecule has 2 aromatic heterocycles. The molecule has 0 bridgehead atoms. The molecule has 8 nitrogen and oxygen atoms in total. The minimum Gasteiger partial charge on any atom is -0.493 e. The molecule has 0 amide bonds. The number of rotatable bonds is 6. The lowest BCUT2D eigenvalue weighted by atomic mass is 10.2. The number of hydrogen-bond acceptors (Lipinski definition) is 5. The van der Waals surface area contributed by atoms with Gasteiger partial charge in [-0.15, -0.1) is 17.3 Å². The fourth-order valence-corrected chi connectivity index (χ4v) is 2.26. The van der Waals surface area contributed by atoms with Crippen molar-refractivity contribution in [1.82, 2.24) is 14.8 Å². The Morgan fingerprint density at radius 1 is 1.43 bits per heavy atom. The van der Waals surface area contributed by atoms with Gasteiger partial charge in [0.15, 0.2) is 17.2 Å². The summed E-state index contributed by atoms with van der Waals surface area (Å²) in [7, 11) is 3.68. The molecule has 2 rings (SSSR count). The van der Waals surface area contributed by atoms with Crippen molar-refractivity contribution in [2.75, 3.05) is 0 Å². The Labute approximate surface area is 134 Å². The smallest absolute Gasteiger partial charge is 0.312 e. The number of nitrogens with zero attached hydrogens (tertiary/aromatic N) is 4. The molecule has 8 heteroatoms. The van der Waals surface area contributed by atoms with E-state index < -0.39 is 0 Å². The topological polar surface area (TPSA) is 112 Å². The van der Waals surface area contributed by atoms with Crippen LogP contribution in [-0.4, -0.2) is 19.9 Å². The minimum absolute atomic E-state index is 0.178. The summed E-state index contributed by atoms with van der Waals surface area (Å²) >= 11 is 0. The lowest BCUT2D eigenvalue weighted by Gasteiger charge is -2.14. The highest BCUT2D eigenvalue weighted by Crippen LogP contribution is 2.32. The molecule has 0 aromatic carbocycles. The number of unbranched alkanes of at least 4 members (excludes halogenated alkanes) is 1. The number of quaternary nitrogens is 1. The molecule has 0 radical (unpaired) electrons. The summed E-state index contributed by atoms with van der Waals surface area (Å²) in [5, 5.41) is 26.8. The van der Waals surface area contributed by atoms with Crippen LogP contribution in [0.3, 0.4) is 0 Å². The highest BCUT2D eigenvalue weighted by Gasteiger charge is 2.19. The molecule has 0 aliphatic rings. The van der Waals surface area contributed by atoms with Crippen LogP contribution in [0.5, 0.6) is 5.88 Å². The SMILES string of the molecule is [CH2-][NH2+]c1c(C)c(/N=N/c2cc(C)[nH]n2)c(O)n(CCCC)c1=O. The maximum Gasteiger partial charge on any atom is 0.312 e. The van der Waals surface area contributed by atoms with Gasteiger partial charge < -0.3 is 10.4 Å². The minimum atomic E-state index is -0.266. The van der Waals surface area contributed by atoms with Gasteiger partial charge in [0, 0.05) is 23.9 Å². The molecule has 0 unspecified atom stereocenters. The molecule has 0 fully saturated rings. The number of azo groups is 1. The van der Waals surface area contributed by atoms with Gasteiger partial charge in [-0.2, -0.15) is 5.10 Å². The van der Waals surface area contributed by atoms with E-state index >= 15 is 0 Å². The molecule has 0 spiro atoms. The van der Waals surface area contributed by atoms with Crippen LogP contribution < -0.4 is 10.9 Å². The Morgan fingerprint density at radius 3 is 2.74 bits per heavy atom. The maximum atomic E-state index is 12.4. The zero-order valence-corrected chi connectivity index (χ0v) is 13.6. The van der Waals surface area contributed by atoms with Crippen LogP contribution in [0.25, 0.3) is 0 Å². The number of aromatic amines is 1. The van der Waals surface area contributed by atoms with Crippen molar-refractivity contribution in [1.29, 1.82) is 0 Å². The second kappa shape index (κ2) is 7.19. The number of H-pyrrole nitrogens is 1. The summed E-state index contributed by atoms with van der Waals surface area (Å²) in [6.45, 7) is 6.01. The average molecular weight is 318 g/mol. The van der Waals surface area contributed by atoms with Gasteiger partial charge in [-0.25, -0.2) is 0 Å². The zero-order chi connectivity index (χ0) is 17.0. The third-order valence-electron chi connectivity index (χ3n) is 3.59. The van der Waals surface area contributed by atoms with Crippen LogP contribution >= 0.6 is 0 Å². The summed E-state index contributed by atoms with van der Waals surface area (Å²) in [5.74, 6) is 0.232. The lowest BCUT2D eigenvalue weighted by molar-refractivity contribution is -0.506. The highest BCUT2D eigenvalue weighted by molar-refractivity contribution is 5.60. The van der Waals surface area contributed by atoms with Crippen molar-refractivity contribution >= 4 is 17.2 Å². The summed E-state index contributed by atoms with van der Waals surface area (Å²) in [6.07, 6.45) is 1.69. The summed E-state index contributed by atoms with van der Waals surface area (Å²) < 4.78 is 1.32. The van der Waals surface area contributed by atoms with E-state index in [-0.39, 0.29) is 17.1 Å². The monoisotopic (exact) mass is 318 g/mol. The summed E-state index contributed by atoms with van der Waals surface area (Å²) in [6, 6.07) is 1.73. The third-order valence-corrected chi connectivity index (χ3v) is 3.59. The molecule has 23 heavy (non-hydrogen) atoms. The van der Waals surface area contributed by atoms with Crippen molar-refractivity contribution in [2.24, 2.45) is 10.2 Å². The molecule has 0 saturated heterocycles. The number of nitrogens with two attached hydrogens (primary N) is 1. The number of aromatic hydroxyl groups is 1. The molecule has 0 aliphatic carbocycles. The first-order valence-electron chi connectivity index (χ1n) is 7.52. The number of pyridine rings is 1. The van der Waals surface area contributed by atoms with Crippen molar-refractivity contribution in [3.8, 4) is 5.88 Å². The van der Waals surface area contributed by atoms with E-state index in [2.05, 4.69) is 27.5 Å². The van der Waals surface area contributed by atoms with Crippen LogP contribution in [0, 0.1) is 20.9 Å². The molecule has 4 N–H and O–H groups in total. The van der Waals surface area contributed by atoms with Gasteiger partial charge in [-0.1, -0.05) is 13.3 Å². The molecule has 124 valence electrons. The number of aryl methyl sites for hydroxylation is 1. The third kappa shape index (κ3) is 3.48. The van der Waals surface area contributed by atoms with E-state index in [9.17, 15) is 9.90 Å². The Kier molecular flexibility index (Phi) is 5.28. The molecule has 2 heterocycles. The number of aromatic nitrogens is 3. The van der Waals surface area contributed by atoms with Crippen LogP contribution in [0.1, 0.15) is 31.0 Å². The van der Waals surface area contributed by atoms with Gasteiger partial charge in [0.1, 0.15) is 0 Å². The molecule has 2 aromatic rings. The van der Waals surface area contributed by atoms with Gasteiger partial charge in [0.05, 0.1) is 0 Å². The van der Waals surface area contributed by atoms with Crippen LogP contribution in [0.15, 0.2) is 21.1 Å². The zero-order valence-electron chi connectivity index (χ0n) is 13.6. The normalized spacial score (nSPS) is 11.5. The van der Waals surface area contributed by atoms with E-state index in [1.807, 2.05) is 13.8 Å². The molecule has 0 aliphatic heterocycles. The van der Waals surface area contributed by atoms with Gasteiger partial charge >= 0.3 is 5.56 Å². The highest BCUT2D eigenvalue weighted by atomic mass is 16.3. The van der Waals surface area contributed by atoms with Gasteiger partial charge in [0.2, 0.25) is 5.88 Å². The van der Waals surface area contributed by atoms with Gasteiger partial charge in [-0.05, 0) is 20.3 Å². The summed E-state index contributed by atoms with van der Waals surface area (Å²) in [4.78, 5) is 12.4. The first-order valence-corrected chi connectivity index (χ1v) is 7.52. The van der Waals surface area contributed by atoms with Crippen LogP contribution in [0.2, 0.25) is 0 Å². The fourth-order valence-electron chi connectivity index (χ4n) is 2.26. The first-order chi connectivity index (χ1) is 11.0. The predicted molar refractivity (Wildman–Crippen MR) is 86.5 cm³/mol. The van der Waals surface area contributed by atoms with Crippen molar-refractivity contribution in [3.05, 3.63) is 34.7 Å².